The van der Waals surface area contributed by atoms with Crippen LogP contribution in [-0.4, -0.2) is 46.2 Å². The van der Waals surface area contributed by atoms with Gasteiger partial charge in [-0.1, -0.05) is 60.1 Å². The average molecular weight is 738 g/mol. The summed E-state index contributed by atoms with van der Waals surface area (Å²) in [6.45, 7) is 0. The molecule has 1 atom stereocenters. The van der Waals surface area contributed by atoms with E-state index in [1.165, 1.54) is 39.2 Å². The number of carbonyl (C=O) groups is 3. The summed E-state index contributed by atoms with van der Waals surface area (Å²) in [7, 11) is 6.04. The molecule has 3 amide bonds. The minimum absolute atomic E-state index is 0.00866. The molecule has 0 heterocycles. The lowest BCUT2D eigenvalue weighted by atomic mass is 10.1. The highest BCUT2D eigenvalue weighted by Crippen LogP contribution is 2.40. The zero-order valence-corrected chi connectivity index (χ0v) is 30.3. The van der Waals surface area contributed by atoms with Gasteiger partial charge in [-0.2, -0.15) is 0 Å². The number of hydrogen-bond donors (Lipinski definition) is 3. The van der Waals surface area contributed by atoms with Gasteiger partial charge < -0.3 is 34.9 Å². The van der Waals surface area contributed by atoms with Crippen LogP contribution in [0.1, 0.15) is 26.7 Å². The van der Waals surface area contributed by atoms with E-state index in [-0.39, 0.29) is 11.6 Å². The lowest BCUT2D eigenvalue weighted by molar-refractivity contribution is -0.116. The Kier molecular flexibility index (Phi) is 12.8. The van der Waals surface area contributed by atoms with Gasteiger partial charge in [-0.15, -0.1) is 11.8 Å². The SMILES string of the molecule is COc1ccc(/C=C(\NC(=O)c2ccccc2)C(=O)Nc2ccc(SC(C(=O)Nc3cc(Cl)c(OC)cc3OC)c3ccccc3)cc2)c(OC)c1. The molecule has 0 spiro atoms. The Morgan fingerprint density at radius 1 is 0.692 bits per heavy atom. The Labute approximate surface area is 311 Å². The second-order valence-electron chi connectivity index (χ2n) is 11.0. The van der Waals surface area contributed by atoms with Gasteiger partial charge in [0.25, 0.3) is 11.8 Å². The largest absolute Gasteiger partial charge is 0.497 e. The first-order valence-corrected chi connectivity index (χ1v) is 17.1. The molecule has 5 rings (SSSR count). The van der Waals surface area contributed by atoms with E-state index in [0.29, 0.717) is 50.5 Å². The first-order valence-electron chi connectivity index (χ1n) is 15.9. The second-order valence-corrected chi connectivity index (χ2v) is 12.6. The zero-order valence-electron chi connectivity index (χ0n) is 28.8. The molecule has 5 aromatic carbocycles. The van der Waals surface area contributed by atoms with Gasteiger partial charge in [0.2, 0.25) is 5.91 Å². The van der Waals surface area contributed by atoms with Gasteiger partial charge in [-0.3, -0.25) is 14.4 Å². The fourth-order valence-electron chi connectivity index (χ4n) is 5.04. The first-order chi connectivity index (χ1) is 25.2. The first kappa shape index (κ1) is 37.3. The highest BCUT2D eigenvalue weighted by Gasteiger charge is 2.24. The summed E-state index contributed by atoms with van der Waals surface area (Å²) >= 11 is 7.68. The van der Waals surface area contributed by atoms with Crippen LogP contribution in [0.25, 0.3) is 6.08 Å². The number of anilines is 2. The van der Waals surface area contributed by atoms with Crippen molar-refractivity contribution >= 4 is 58.5 Å². The average Bonchev–Trinajstić information content (AvgIpc) is 3.18. The van der Waals surface area contributed by atoms with Crippen molar-refractivity contribution in [1.29, 1.82) is 0 Å². The van der Waals surface area contributed by atoms with Crippen LogP contribution < -0.4 is 34.9 Å². The van der Waals surface area contributed by atoms with E-state index in [1.54, 1.807) is 92.0 Å². The van der Waals surface area contributed by atoms with Crippen molar-refractivity contribution in [1.82, 2.24) is 5.32 Å². The molecule has 52 heavy (non-hydrogen) atoms. The van der Waals surface area contributed by atoms with Crippen LogP contribution >= 0.6 is 23.4 Å². The number of nitrogens with one attached hydrogen (secondary N) is 3. The fourth-order valence-corrected chi connectivity index (χ4v) is 6.31. The lowest BCUT2D eigenvalue weighted by Gasteiger charge is -2.19. The number of benzene rings is 5. The second kappa shape index (κ2) is 17.8. The molecule has 5 aromatic rings. The van der Waals surface area contributed by atoms with E-state index in [4.69, 9.17) is 30.5 Å². The van der Waals surface area contributed by atoms with E-state index in [9.17, 15) is 14.4 Å². The van der Waals surface area contributed by atoms with Gasteiger partial charge in [0.05, 0.1) is 39.1 Å². The van der Waals surface area contributed by atoms with Crippen molar-refractivity contribution in [3.8, 4) is 23.0 Å². The molecule has 12 heteroatoms. The smallest absolute Gasteiger partial charge is 0.272 e. The highest BCUT2D eigenvalue weighted by molar-refractivity contribution is 8.00. The number of hydrogen-bond acceptors (Lipinski definition) is 8. The molecule has 10 nitrogen and oxygen atoms in total. The fraction of sp³-hybridized carbons (Fsp3) is 0.125. The van der Waals surface area contributed by atoms with Crippen molar-refractivity contribution < 1.29 is 33.3 Å². The Hall–Kier alpha value is -5.91. The van der Waals surface area contributed by atoms with Crippen molar-refractivity contribution in [2.45, 2.75) is 10.1 Å². The molecule has 0 bridgehead atoms. The van der Waals surface area contributed by atoms with Crippen LogP contribution in [0.5, 0.6) is 23.0 Å². The Bertz CT molecular complexity index is 2060. The van der Waals surface area contributed by atoms with Crippen LogP contribution in [-0.2, 0) is 9.59 Å². The summed E-state index contributed by atoms with van der Waals surface area (Å²) in [6.07, 6.45) is 1.53. The summed E-state index contributed by atoms with van der Waals surface area (Å²) in [6, 6.07) is 33.3. The minimum Gasteiger partial charge on any atom is -0.497 e. The standard InChI is InChI=1S/C40H36ClN3O7S/c1-48-29-18-15-27(34(22-29)49-2)21-33(44-38(45)26-13-9-6-10-14-26)39(46)42-28-16-19-30(20-17-28)52-37(25-11-7-5-8-12-25)40(47)43-32-23-31(41)35(50-3)24-36(32)51-4/h5-24,37H,1-4H3,(H,42,46)(H,43,47)(H,44,45)/b33-21-. The maximum atomic E-state index is 13.8. The Morgan fingerprint density at radius 2 is 1.35 bits per heavy atom. The number of halogens is 1. The van der Waals surface area contributed by atoms with Gasteiger partial charge in [-0.25, -0.2) is 0 Å². The number of ether oxygens (including phenoxy) is 4. The summed E-state index contributed by atoms with van der Waals surface area (Å²) in [5.74, 6) is 0.515. The number of carbonyl (C=O) groups excluding carboxylic acids is 3. The summed E-state index contributed by atoms with van der Waals surface area (Å²) in [5, 5.41) is 8.21. The third-order valence-electron chi connectivity index (χ3n) is 7.71. The molecule has 266 valence electrons. The van der Waals surface area contributed by atoms with E-state index < -0.39 is 17.1 Å². The predicted octanol–water partition coefficient (Wildman–Crippen LogP) is 8.26. The Balaban J connectivity index is 1.37. The van der Waals surface area contributed by atoms with Gasteiger partial charge in [-0.05, 0) is 66.2 Å². The highest BCUT2D eigenvalue weighted by atomic mass is 35.5. The topological polar surface area (TPSA) is 124 Å². The van der Waals surface area contributed by atoms with Crippen LogP contribution in [0.4, 0.5) is 11.4 Å². The molecule has 3 N–H and O–H groups in total. The number of thioether (sulfide) groups is 1. The lowest BCUT2D eigenvalue weighted by Crippen LogP contribution is -2.30. The van der Waals surface area contributed by atoms with E-state index in [0.717, 1.165) is 10.5 Å². The Morgan fingerprint density at radius 3 is 1.98 bits per heavy atom. The monoisotopic (exact) mass is 737 g/mol. The van der Waals surface area contributed by atoms with Gasteiger partial charge >= 0.3 is 0 Å². The molecule has 0 aliphatic heterocycles. The van der Waals surface area contributed by atoms with Crippen molar-refractivity contribution in [2.75, 3.05) is 39.1 Å². The number of rotatable bonds is 14. The molecular weight excluding hydrogens is 702 g/mol. The van der Waals surface area contributed by atoms with E-state index in [2.05, 4.69) is 16.0 Å². The van der Waals surface area contributed by atoms with Crippen LogP contribution in [0, 0.1) is 0 Å². The van der Waals surface area contributed by atoms with Crippen LogP contribution in [0.2, 0.25) is 5.02 Å². The molecule has 0 radical (unpaired) electrons. The normalized spacial score (nSPS) is 11.5. The summed E-state index contributed by atoms with van der Waals surface area (Å²) in [5.41, 5.74) is 2.57. The molecule has 0 aliphatic rings. The van der Waals surface area contributed by atoms with Gasteiger partial charge in [0, 0.05) is 33.8 Å². The molecule has 0 saturated heterocycles. The predicted molar refractivity (Wildman–Crippen MR) is 205 cm³/mol. The minimum atomic E-state index is -0.658. The van der Waals surface area contributed by atoms with Crippen LogP contribution in [0.3, 0.4) is 0 Å². The molecule has 0 saturated carbocycles. The number of amides is 3. The number of methoxy groups -OCH3 is 4. The molecule has 0 aliphatic carbocycles. The van der Waals surface area contributed by atoms with Gasteiger partial charge in [0.15, 0.2) is 0 Å². The maximum absolute atomic E-state index is 13.8. The summed E-state index contributed by atoms with van der Waals surface area (Å²) < 4.78 is 21.6. The van der Waals surface area contributed by atoms with Crippen LogP contribution in [0.15, 0.2) is 126 Å². The third-order valence-corrected chi connectivity index (χ3v) is 9.27. The summed E-state index contributed by atoms with van der Waals surface area (Å²) in [4.78, 5) is 41.4. The quantitative estimate of drug-likeness (QED) is 0.0769. The molecule has 0 aromatic heterocycles. The van der Waals surface area contributed by atoms with E-state index >= 15 is 0 Å². The maximum Gasteiger partial charge on any atom is 0.272 e. The molecular formula is C40H36ClN3O7S. The van der Waals surface area contributed by atoms with Crippen molar-refractivity contribution in [2.24, 2.45) is 0 Å². The third kappa shape index (κ3) is 9.45. The molecule has 0 fully saturated rings. The van der Waals surface area contributed by atoms with Crippen molar-refractivity contribution in [3.63, 3.8) is 0 Å². The van der Waals surface area contributed by atoms with E-state index in [1.807, 2.05) is 30.3 Å². The van der Waals surface area contributed by atoms with Gasteiger partial charge in [0.1, 0.15) is 33.9 Å². The van der Waals surface area contributed by atoms with Crippen molar-refractivity contribution in [3.05, 3.63) is 143 Å². The zero-order chi connectivity index (χ0) is 37.0. The molecule has 1 unspecified atom stereocenters.